The maximum atomic E-state index is 12.9. The highest BCUT2D eigenvalue weighted by Gasteiger charge is 2.29. The van der Waals surface area contributed by atoms with Crippen LogP contribution in [0.3, 0.4) is 0 Å². The molecule has 1 aromatic rings. The summed E-state index contributed by atoms with van der Waals surface area (Å²) >= 11 is 0. The lowest BCUT2D eigenvalue weighted by molar-refractivity contribution is 0.0584. The number of likely N-dealkylation sites (tertiary alicyclic amines) is 1. The van der Waals surface area contributed by atoms with Gasteiger partial charge >= 0.3 is 0 Å². The minimum Gasteiger partial charge on any atom is -0.334 e. The van der Waals surface area contributed by atoms with E-state index in [0.717, 1.165) is 57.7 Å². The van der Waals surface area contributed by atoms with Crippen molar-refractivity contribution in [3.8, 4) is 0 Å². The van der Waals surface area contributed by atoms with Gasteiger partial charge in [0.05, 0.1) is 0 Å². The molecule has 0 spiro atoms. The van der Waals surface area contributed by atoms with Crippen LogP contribution in [0.25, 0.3) is 0 Å². The first kappa shape index (κ1) is 18.4. The second-order valence-electron chi connectivity index (χ2n) is 7.70. The van der Waals surface area contributed by atoms with Gasteiger partial charge in [-0.15, -0.1) is 0 Å². The zero-order valence-corrected chi connectivity index (χ0v) is 15.7. The molecule has 2 aliphatic rings. The highest BCUT2D eigenvalue weighted by Crippen LogP contribution is 2.22. The lowest BCUT2D eigenvalue weighted by Crippen LogP contribution is -2.51. The van der Waals surface area contributed by atoms with Crippen molar-refractivity contribution in [3.05, 3.63) is 35.4 Å². The summed E-state index contributed by atoms with van der Waals surface area (Å²) in [6, 6.07) is 8.39. The van der Waals surface area contributed by atoms with Gasteiger partial charge in [-0.2, -0.15) is 0 Å². The zero-order valence-electron chi connectivity index (χ0n) is 15.7. The minimum atomic E-state index is 0.0285. The Labute approximate surface area is 151 Å². The normalized spacial score (nSPS) is 24.3. The molecule has 2 saturated heterocycles. The third-order valence-corrected chi connectivity index (χ3v) is 5.62. The summed E-state index contributed by atoms with van der Waals surface area (Å²) < 4.78 is 0. The number of likely N-dealkylation sites (N-methyl/N-ethyl adjacent to an activating group) is 1. The highest BCUT2D eigenvalue weighted by atomic mass is 16.2. The molecule has 0 radical (unpaired) electrons. The van der Waals surface area contributed by atoms with E-state index in [-0.39, 0.29) is 18.0 Å². The van der Waals surface area contributed by atoms with Crippen molar-refractivity contribution in [2.45, 2.75) is 44.8 Å². The van der Waals surface area contributed by atoms with Crippen molar-refractivity contribution < 1.29 is 4.79 Å². The SMILES string of the molecule is CC(N)C1CCCCN1C(=O)c1ccc(CN2CCN(C)CC2)cc1. The Bertz CT molecular complexity index is 564. The standard InChI is InChI=1S/C20H32N4O/c1-16(21)19-5-3-4-10-24(19)20(25)18-8-6-17(7-9-18)15-23-13-11-22(2)12-14-23/h6-9,16,19H,3-5,10-15,21H2,1-2H3. The summed E-state index contributed by atoms with van der Waals surface area (Å²) in [4.78, 5) is 19.7. The molecule has 1 aromatic carbocycles. The number of nitrogens with zero attached hydrogens (tertiary/aromatic N) is 3. The molecule has 2 heterocycles. The van der Waals surface area contributed by atoms with Crippen LogP contribution in [0, 0.1) is 0 Å². The predicted molar refractivity (Wildman–Crippen MR) is 102 cm³/mol. The monoisotopic (exact) mass is 344 g/mol. The first-order chi connectivity index (χ1) is 12.0. The Morgan fingerprint density at radius 3 is 2.44 bits per heavy atom. The highest BCUT2D eigenvalue weighted by molar-refractivity contribution is 5.94. The molecule has 0 aliphatic carbocycles. The summed E-state index contributed by atoms with van der Waals surface area (Å²) in [7, 11) is 2.17. The lowest BCUT2D eigenvalue weighted by atomic mass is 9.96. The molecule has 5 nitrogen and oxygen atoms in total. The van der Waals surface area contributed by atoms with Gasteiger partial charge < -0.3 is 15.5 Å². The Morgan fingerprint density at radius 2 is 1.80 bits per heavy atom. The van der Waals surface area contributed by atoms with Crippen LogP contribution < -0.4 is 5.73 Å². The smallest absolute Gasteiger partial charge is 0.254 e. The molecule has 0 saturated carbocycles. The van der Waals surface area contributed by atoms with Crippen LogP contribution in [0.5, 0.6) is 0 Å². The second-order valence-corrected chi connectivity index (χ2v) is 7.70. The number of rotatable bonds is 4. The lowest BCUT2D eigenvalue weighted by Gasteiger charge is -2.38. The molecule has 2 atom stereocenters. The number of hydrogen-bond donors (Lipinski definition) is 1. The minimum absolute atomic E-state index is 0.0285. The van der Waals surface area contributed by atoms with E-state index in [1.165, 1.54) is 12.0 Å². The molecule has 2 unspecified atom stereocenters. The number of carbonyl (C=O) groups excluding carboxylic acids is 1. The Kier molecular flexibility index (Phi) is 6.10. The van der Waals surface area contributed by atoms with Gasteiger partial charge in [0.2, 0.25) is 0 Å². The molecule has 138 valence electrons. The number of hydrogen-bond acceptors (Lipinski definition) is 4. The molecule has 25 heavy (non-hydrogen) atoms. The van der Waals surface area contributed by atoms with Gasteiger partial charge in [0, 0.05) is 56.9 Å². The fraction of sp³-hybridized carbons (Fsp3) is 0.650. The van der Waals surface area contributed by atoms with Crippen LogP contribution in [0.1, 0.15) is 42.1 Å². The Morgan fingerprint density at radius 1 is 1.12 bits per heavy atom. The topological polar surface area (TPSA) is 52.8 Å². The third kappa shape index (κ3) is 4.60. The number of amides is 1. The molecule has 2 aliphatic heterocycles. The fourth-order valence-electron chi connectivity index (χ4n) is 3.94. The van der Waals surface area contributed by atoms with E-state index < -0.39 is 0 Å². The van der Waals surface area contributed by atoms with E-state index in [4.69, 9.17) is 5.73 Å². The van der Waals surface area contributed by atoms with Crippen LogP contribution in [0.4, 0.5) is 0 Å². The van der Waals surface area contributed by atoms with Crippen molar-refractivity contribution in [3.63, 3.8) is 0 Å². The van der Waals surface area contributed by atoms with Crippen LogP contribution in [0.2, 0.25) is 0 Å². The maximum Gasteiger partial charge on any atom is 0.254 e. The number of carbonyl (C=O) groups is 1. The average molecular weight is 345 g/mol. The molecule has 2 N–H and O–H groups in total. The van der Waals surface area contributed by atoms with Crippen LogP contribution >= 0.6 is 0 Å². The van der Waals surface area contributed by atoms with Crippen LogP contribution in [-0.4, -0.2) is 72.5 Å². The van der Waals surface area contributed by atoms with Gasteiger partial charge in [-0.1, -0.05) is 12.1 Å². The summed E-state index contributed by atoms with van der Waals surface area (Å²) in [6.07, 6.45) is 3.27. The maximum absolute atomic E-state index is 12.9. The first-order valence-electron chi connectivity index (χ1n) is 9.61. The van der Waals surface area contributed by atoms with Crippen LogP contribution in [0.15, 0.2) is 24.3 Å². The predicted octanol–water partition coefficient (Wildman–Crippen LogP) is 1.78. The second kappa shape index (κ2) is 8.30. The Balaban J connectivity index is 1.62. The van der Waals surface area contributed by atoms with Crippen molar-refractivity contribution in [2.24, 2.45) is 5.73 Å². The van der Waals surface area contributed by atoms with E-state index in [9.17, 15) is 4.79 Å². The molecule has 0 aromatic heterocycles. The van der Waals surface area contributed by atoms with Crippen LogP contribution in [-0.2, 0) is 6.54 Å². The summed E-state index contributed by atoms with van der Waals surface area (Å²) in [5.74, 6) is 0.133. The van der Waals surface area contributed by atoms with E-state index in [1.807, 2.05) is 24.0 Å². The summed E-state index contributed by atoms with van der Waals surface area (Å²) in [5.41, 5.74) is 8.18. The van der Waals surface area contributed by atoms with Gasteiger partial charge in [-0.3, -0.25) is 9.69 Å². The molecular formula is C20H32N4O. The average Bonchev–Trinajstić information content (AvgIpc) is 2.63. The number of piperazine rings is 1. The van der Waals surface area contributed by atoms with Crippen molar-refractivity contribution >= 4 is 5.91 Å². The molecule has 1 amide bonds. The van der Waals surface area contributed by atoms with Gasteiger partial charge in [0.25, 0.3) is 5.91 Å². The first-order valence-corrected chi connectivity index (χ1v) is 9.61. The molecule has 2 fully saturated rings. The van der Waals surface area contributed by atoms with Crippen molar-refractivity contribution in [1.29, 1.82) is 0 Å². The van der Waals surface area contributed by atoms with Gasteiger partial charge in [-0.25, -0.2) is 0 Å². The fourth-order valence-corrected chi connectivity index (χ4v) is 3.94. The van der Waals surface area contributed by atoms with Gasteiger partial charge in [0.15, 0.2) is 0 Å². The number of nitrogens with two attached hydrogens (primary N) is 1. The molecule has 3 rings (SSSR count). The van der Waals surface area contributed by atoms with E-state index in [0.29, 0.717) is 0 Å². The van der Waals surface area contributed by atoms with Crippen molar-refractivity contribution in [1.82, 2.24) is 14.7 Å². The number of piperidine rings is 1. The summed E-state index contributed by atoms with van der Waals surface area (Å²) in [5, 5.41) is 0. The largest absolute Gasteiger partial charge is 0.334 e. The molecule has 0 bridgehead atoms. The molecular weight excluding hydrogens is 312 g/mol. The van der Waals surface area contributed by atoms with Crippen molar-refractivity contribution in [2.75, 3.05) is 39.8 Å². The van der Waals surface area contributed by atoms with E-state index in [1.54, 1.807) is 0 Å². The Hall–Kier alpha value is -1.43. The zero-order chi connectivity index (χ0) is 17.8. The van der Waals surface area contributed by atoms with Gasteiger partial charge in [-0.05, 0) is 50.9 Å². The molecule has 5 heteroatoms. The van der Waals surface area contributed by atoms with Gasteiger partial charge in [0.1, 0.15) is 0 Å². The van der Waals surface area contributed by atoms with E-state index in [2.05, 4.69) is 29.0 Å². The van der Waals surface area contributed by atoms with E-state index >= 15 is 0 Å². The summed E-state index contributed by atoms with van der Waals surface area (Å²) in [6.45, 7) is 8.29. The third-order valence-electron chi connectivity index (χ3n) is 5.62. The quantitative estimate of drug-likeness (QED) is 0.905. The number of benzene rings is 1.